The molecule has 0 radical (unpaired) electrons. The van der Waals surface area contributed by atoms with Gasteiger partial charge in [-0.05, 0) is 36.1 Å². The first-order valence-corrected chi connectivity index (χ1v) is 5.96. The van der Waals surface area contributed by atoms with Crippen LogP contribution in [0.25, 0.3) is 0 Å². The Morgan fingerprint density at radius 3 is 2.12 bits per heavy atom. The van der Waals surface area contributed by atoms with Crippen molar-refractivity contribution in [2.45, 2.75) is 26.4 Å². The Morgan fingerprint density at radius 1 is 0.882 bits per heavy atom. The fourth-order valence-corrected chi connectivity index (χ4v) is 2.12. The maximum absolute atomic E-state index is 10.3. The van der Waals surface area contributed by atoms with Gasteiger partial charge in [0.15, 0.2) is 0 Å². The number of aliphatic hydroxyl groups excluding tert-OH is 1. The highest BCUT2D eigenvalue weighted by Crippen LogP contribution is 2.22. The highest BCUT2D eigenvalue weighted by Gasteiger charge is 2.11. The van der Waals surface area contributed by atoms with E-state index in [2.05, 4.69) is 19.1 Å². The Kier molecular flexibility index (Phi) is 3.60. The molecule has 2 rings (SSSR count). The van der Waals surface area contributed by atoms with E-state index < -0.39 is 6.10 Å². The van der Waals surface area contributed by atoms with Crippen LogP contribution in [0.2, 0.25) is 0 Å². The van der Waals surface area contributed by atoms with Crippen molar-refractivity contribution in [3.05, 3.63) is 70.8 Å². The maximum atomic E-state index is 10.3. The number of hydrogen-bond donors (Lipinski definition) is 1. The molecule has 0 saturated carbocycles. The molecular formula is C16H18O. The Labute approximate surface area is 103 Å². The van der Waals surface area contributed by atoms with Gasteiger partial charge in [-0.15, -0.1) is 0 Å². The first-order chi connectivity index (χ1) is 8.18. The number of aliphatic hydroxyl groups is 1. The van der Waals surface area contributed by atoms with Gasteiger partial charge in [-0.2, -0.15) is 0 Å². The lowest BCUT2D eigenvalue weighted by atomic mass is 9.96. The predicted octanol–water partition coefficient (Wildman–Crippen LogP) is 3.58. The normalized spacial score (nSPS) is 12.4. The lowest BCUT2D eigenvalue weighted by Gasteiger charge is -2.15. The molecule has 1 nitrogen and oxygen atoms in total. The molecule has 2 aromatic carbocycles. The van der Waals surface area contributed by atoms with Crippen LogP contribution in [0.1, 0.15) is 28.4 Å². The minimum atomic E-state index is -0.419. The molecule has 0 heterocycles. The highest BCUT2D eigenvalue weighted by atomic mass is 16.3. The molecule has 88 valence electrons. The average molecular weight is 226 g/mol. The highest BCUT2D eigenvalue weighted by molar-refractivity contribution is 5.31. The summed E-state index contributed by atoms with van der Waals surface area (Å²) in [5.41, 5.74) is 4.62. The van der Waals surface area contributed by atoms with Crippen LogP contribution in [-0.2, 0) is 6.42 Å². The molecule has 0 aliphatic heterocycles. The van der Waals surface area contributed by atoms with E-state index in [4.69, 9.17) is 0 Å². The van der Waals surface area contributed by atoms with Gasteiger partial charge in [0, 0.05) is 6.42 Å². The molecule has 0 aromatic heterocycles. The van der Waals surface area contributed by atoms with Crippen molar-refractivity contribution >= 4 is 0 Å². The van der Waals surface area contributed by atoms with Gasteiger partial charge in [-0.3, -0.25) is 0 Å². The summed E-state index contributed by atoms with van der Waals surface area (Å²) in [4.78, 5) is 0. The molecule has 0 fully saturated rings. The summed E-state index contributed by atoms with van der Waals surface area (Å²) in [6, 6.07) is 16.2. The van der Waals surface area contributed by atoms with Crippen molar-refractivity contribution in [1.29, 1.82) is 0 Å². The first-order valence-electron chi connectivity index (χ1n) is 5.96. The fraction of sp³-hybridized carbons (Fsp3) is 0.250. The Bertz CT molecular complexity index is 502. The third kappa shape index (κ3) is 2.75. The smallest absolute Gasteiger partial charge is 0.0833 e. The SMILES string of the molecule is Cc1ccccc1CC(O)c1ccccc1C. The van der Waals surface area contributed by atoms with Gasteiger partial charge in [-0.25, -0.2) is 0 Å². The molecule has 17 heavy (non-hydrogen) atoms. The molecule has 1 atom stereocenters. The monoisotopic (exact) mass is 226 g/mol. The Balaban J connectivity index is 2.20. The molecule has 2 aromatic rings. The maximum Gasteiger partial charge on any atom is 0.0833 e. The van der Waals surface area contributed by atoms with E-state index in [0.717, 1.165) is 11.1 Å². The number of hydrogen-bond acceptors (Lipinski definition) is 1. The Hall–Kier alpha value is -1.60. The van der Waals surface area contributed by atoms with Crippen molar-refractivity contribution < 1.29 is 5.11 Å². The van der Waals surface area contributed by atoms with Gasteiger partial charge >= 0.3 is 0 Å². The summed E-state index contributed by atoms with van der Waals surface area (Å²) in [6.45, 7) is 4.12. The van der Waals surface area contributed by atoms with E-state index in [1.807, 2.05) is 43.3 Å². The standard InChI is InChI=1S/C16H18O/c1-12-7-3-5-9-14(12)11-16(17)15-10-6-4-8-13(15)2/h3-10,16-17H,11H2,1-2H3. The third-order valence-corrected chi connectivity index (χ3v) is 3.22. The van der Waals surface area contributed by atoms with Crippen LogP contribution in [0.3, 0.4) is 0 Å². The van der Waals surface area contributed by atoms with Crippen LogP contribution < -0.4 is 0 Å². The lowest BCUT2D eigenvalue weighted by molar-refractivity contribution is 0.177. The van der Waals surface area contributed by atoms with Crippen LogP contribution in [0, 0.1) is 13.8 Å². The Morgan fingerprint density at radius 2 is 1.47 bits per heavy atom. The molecule has 0 amide bonds. The summed E-state index contributed by atoms with van der Waals surface area (Å²) < 4.78 is 0. The quantitative estimate of drug-likeness (QED) is 0.848. The van der Waals surface area contributed by atoms with Crippen LogP contribution in [0.15, 0.2) is 48.5 Å². The minimum absolute atomic E-state index is 0.419. The molecule has 0 bridgehead atoms. The van der Waals surface area contributed by atoms with Crippen molar-refractivity contribution in [3.8, 4) is 0 Å². The van der Waals surface area contributed by atoms with Gasteiger partial charge in [0.05, 0.1) is 6.10 Å². The first kappa shape index (κ1) is 11.9. The van der Waals surface area contributed by atoms with Crippen LogP contribution in [-0.4, -0.2) is 5.11 Å². The summed E-state index contributed by atoms with van der Waals surface area (Å²) in [5, 5.41) is 10.3. The van der Waals surface area contributed by atoms with Crippen LogP contribution >= 0.6 is 0 Å². The second-order valence-corrected chi connectivity index (χ2v) is 4.50. The largest absolute Gasteiger partial charge is 0.388 e. The fourth-order valence-electron chi connectivity index (χ4n) is 2.12. The molecule has 1 unspecified atom stereocenters. The lowest BCUT2D eigenvalue weighted by Crippen LogP contribution is -2.04. The summed E-state index contributed by atoms with van der Waals surface area (Å²) in [7, 11) is 0. The van der Waals surface area contributed by atoms with E-state index >= 15 is 0 Å². The zero-order chi connectivity index (χ0) is 12.3. The summed E-state index contributed by atoms with van der Waals surface area (Å²) in [6.07, 6.45) is 0.259. The van der Waals surface area contributed by atoms with Crippen molar-refractivity contribution in [3.63, 3.8) is 0 Å². The average Bonchev–Trinajstić information content (AvgIpc) is 2.32. The number of rotatable bonds is 3. The number of benzene rings is 2. The van der Waals surface area contributed by atoms with E-state index in [-0.39, 0.29) is 0 Å². The van der Waals surface area contributed by atoms with Crippen LogP contribution in [0.5, 0.6) is 0 Å². The second kappa shape index (κ2) is 5.15. The molecule has 0 aliphatic carbocycles. The second-order valence-electron chi connectivity index (χ2n) is 4.50. The zero-order valence-electron chi connectivity index (χ0n) is 10.4. The third-order valence-electron chi connectivity index (χ3n) is 3.22. The molecule has 1 heteroatoms. The molecule has 0 aliphatic rings. The summed E-state index contributed by atoms with van der Waals surface area (Å²) in [5.74, 6) is 0. The number of aryl methyl sites for hydroxylation is 2. The summed E-state index contributed by atoms with van der Waals surface area (Å²) >= 11 is 0. The van der Waals surface area contributed by atoms with E-state index in [0.29, 0.717) is 6.42 Å². The van der Waals surface area contributed by atoms with Crippen molar-refractivity contribution in [2.75, 3.05) is 0 Å². The topological polar surface area (TPSA) is 20.2 Å². The zero-order valence-corrected chi connectivity index (χ0v) is 10.4. The van der Waals surface area contributed by atoms with Gasteiger partial charge < -0.3 is 5.11 Å². The molecule has 1 N–H and O–H groups in total. The van der Waals surface area contributed by atoms with E-state index in [9.17, 15) is 5.11 Å². The van der Waals surface area contributed by atoms with Crippen molar-refractivity contribution in [1.82, 2.24) is 0 Å². The van der Waals surface area contributed by atoms with E-state index in [1.165, 1.54) is 11.1 Å². The molecule has 0 spiro atoms. The van der Waals surface area contributed by atoms with Gasteiger partial charge in [0.1, 0.15) is 0 Å². The van der Waals surface area contributed by atoms with Crippen molar-refractivity contribution in [2.24, 2.45) is 0 Å². The van der Waals surface area contributed by atoms with Gasteiger partial charge in [0.2, 0.25) is 0 Å². The minimum Gasteiger partial charge on any atom is -0.388 e. The predicted molar refractivity (Wildman–Crippen MR) is 71.0 cm³/mol. The van der Waals surface area contributed by atoms with Gasteiger partial charge in [0.25, 0.3) is 0 Å². The molecule has 0 saturated heterocycles. The van der Waals surface area contributed by atoms with E-state index in [1.54, 1.807) is 0 Å². The molecular weight excluding hydrogens is 208 g/mol. The van der Waals surface area contributed by atoms with Crippen LogP contribution in [0.4, 0.5) is 0 Å². The van der Waals surface area contributed by atoms with Gasteiger partial charge in [-0.1, -0.05) is 48.5 Å².